The Morgan fingerprint density at radius 2 is 0.756 bits per heavy atom. The maximum Gasteiger partial charge on any atom is 0.160 e. The molecule has 0 spiro atoms. The number of aromatic nitrogens is 9. The van der Waals surface area contributed by atoms with Gasteiger partial charge in [0.15, 0.2) is 5.82 Å². The van der Waals surface area contributed by atoms with E-state index < -0.39 is 0 Å². The number of benzene rings is 5. The summed E-state index contributed by atoms with van der Waals surface area (Å²) in [5, 5.41) is 2.41. The minimum absolute atomic E-state index is 0.102. The number of fused-ring (bicyclic) bond motifs is 6. The second-order valence-corrected chi connectivity index (χ2v) is 23.6. The maximum absolute atomic E-state index is 5.07. The monoisotopic (exact) mass is 1120 g/mol. The Morgan fingerprint density at radius 1 is 0.337 bits per heavy atom. The highest BCUT2D eigenvalue weighted by atomic mass is 15.0. The molecule has 1 aliphatic rings. The molecule has 1 aliphatic carbocycles. The third-order valence-electron chi connectivity index (χ3n) is 17.8. The highest BCUT2D eigenvalue weighted by Gasteiger charge is 2.43. The summed E-state index contributed by atoms with van der Waals surface area (Å²) < 4.78 is 2.34. The Labute approximate surface area is 505 Å². The number of rotatable bonds is 22. The molecule has 0 unspecified atom stereocenters. The number of pyridine rings is 4. The van der Waals surface area contributed by atoms with Crippen LogP contribution in [-0.4, -0.2) is 44.4 Å². The number of hydrogen-bond acceptors (Lipinski definition) is 8. The van der Waals surface area contributed by atoms with Crippen LogP contribution < -0.4 is 0 Å². The van der Waals surface area contributed by atoms with Gasteiger partial charge in [-0.1, -0.05) is 170 Å². The van der Waals surface area contributed by atoms with E-state index in [0.29, 0.717) is 5.82 Å². The van der Waals surface area contributed by atoms with Crippen LogP contribution in [0.15, 0.2) is 201 Å². The Morgan fingerprint density at radius 3 is 1.22 bits per heavy atom. The van der Waals surface area contributed by atoms with E-state index >= 15 is 0 Å². The molecule has 0 saturated carbocycles. The number of nitrogens with zero attached hydrogens (tertiary/aromatic N) is 9. The lowest BCUT2D eigenvalue weighted by atomic mass is 9.70. The zero-order chi connectivity index (χ0) is 58.4. The lowest BCUT2D eigenvalue weighted by Crippen LogP contribution is -2.25. The Balaban J connectivity index is 0.775. The molecule has 0 N–H and O–H groups in total. The van der Waals surface area contributed by atoms with Crippen LogP contribution in [0.4, 0.5) is 0 Å². The Hall–Kier alpha value is -9.34. The van der Waals surface area contributed by atoms with Gasteiger partial charge in [-0.15, -0.1) is 0 Å². The molecule has 5 aromatic carbocycles. The molecule has 0 saturated heterocycles. The first-order valence-electron chi connectivity index (χ1n) is 31.2. The van der Waals surface area contributed by atoms with Gasteiger partial charge in [0.25, 0.3) is 0 Å². The molecule has 0 radical (unpaired) electrons. The van der Waals surface area contributed by atoms with Gasteiger partial charge in [0.05, 0.1) is 33.8 Å². The van der Waals surface area contributed by atoms with Crippen molar-refractivity contribution in [2.75, 3.05) is 0 Å². The topological polar surface area (TPSA) is 108 Å². The van der Waals surface area contributed by atoms with E-state index in [0.717, 1.165) is 103 Å². The number of unbranched alkanes of at least 4 members (excludes halogenated alkanes) is 10. The first-order chi connectivity index (χ1) is 42.3. The normalized spacial score (nSPS) is 12.5. The summed E-state index contributed by atoms with van der Waals surface area (Å²) in [5.41, 5.74) is 22.7. The highest BCUT2D eigenvalue weighted by molar-refractivity contribution is 6.09. The van der Waals surface area contributed by atoms with Crippen LogP contribution in [0.2, 0.25) is 0 Å². The van der Waals surface area contributed by atoms with Gasteiger partial charge in [0, 0.05) is 99.3 Å². The first-order valence-corrected chi connectivity index (χ1v) is 31.2. The predicted molar refractivity (Wildman–Crippen MR) is 353 cm³/mol. The number of hydrogen-bond donors (Lipinski definition) is 0. The zero-order valence-electron chi connectivity index (χ0n) is 50.0. The molecule has 9 heteroatoms. The summed E-state index contributed by atoms with van der Waals surface area (Å²) in [5.74, 6) is 1.33. The lowest BCUT2D eigenvalue weighted by Gasteiger charge is -2.33. The highest BCUT2D eigenvalue weighted by Crippen LogP contribution is 2.56. The molecule has 0 amide bonds. The third kappa shape index (κ3) is 11.4. The summed E-state index contributed by atoms with van der Waals surface area (Å²) in [4.78, 5) is 38.5. The smallest absolute Gasteiger partial charge is 0.160 e. The molecule has 7 heterocycles. The average molecular weight is 1120 g/mol. The minimum Gasteiger partial charge on any atom is -0.309 e. The lowest BCUT2D eigenvalue weighted by molar-refractivity contribution is 0.398. The predicted octanol–water partition coefficient (Wildman–Crippen LogP) is 20.0. The summed E-state index contributed by atoms with van der Waals surface area (Å²) in [6, 6.07) is 55.1. The van der Waals surface area contributed by atoms with Crippen molar-refractivity contribution in [3.05, 3.63) is 224 Å². The molecule has 0 fully saturated rings. The van der Waals surface area contributed by atoms with Gasteiger partial charge in [-0.3, -0.25) is 19.9 Å². The van der Waals surface area contributed by atoms with Gasteiger partial charge in [-0.2, -0.15) is 0 Å². The van der Waals surface area contributed by atoms with Gasteiger partial charge in [-0.05, 0) is 150 Å². The fourth-order valence-electron chi connectivity index (χ4n) is 13.1. The summed E-state index contributed by atoms with van der Waals surface area (Å²) >= 11 is 0. The van der Waals surface area contributed by atoms with Crippen molar-refractivity contribution in [3.8, 4) is 95.5 Å². The molecule has 12 aromatic rings. The molecule has 7 aromatic heterocycles. The van der Waals surface area contributed by atoms with E-state index in [-0.39, 0.29) is 5.41 Å². The van der Waals surface area contributed by atoms with Crippen LogP contribution in [-0.2, 0) is 5.41 Å². The molecule has 9 nitrogen and oxygen atoms in total. The minimum atomic E-state index is -0.102. The van der Waals surface area contributed by atoms with E-state index in [4.69, 9.17) is 24.9 Å². The Kier molecular flexibility index (Phi) is 16.3. The van der Waals surface area contributed by atoms with Gasteiger partial charge < -0.3 is 4.57 Å². The van der Waals surface area contributed by atoms with E-state index in [2.05, 4.69) is 180 Å². The first kappa shape index (κ1) is 55.8. The quantitative estimate of drug-likeness (QED) is 0.0618. The van der Waals surface area contributed by atoms with Gasteiger partial charge >= 0.3 is 0 Å². The van der Waals surface area contributed by atoms with Crippen LogP contribution in [0.25, 0.3) is 117 Å². The van der Waals surface area contributed by atoms with Gasteiger partial charge in [0.2, 0.25) is 0 Å². The van der Waals surface area contributed by atoms with Crippen molar-refractivity contribution in [2.24, 2.45) is 0 Å². The largest absolute Gasteiger partial charge is 0.309 e. The van der Waals surface area contributed by atoms with Crippen molar-refractivity contribution in [1.29, 1.82) is 0 Å². The Bertz CT molecular complexity index is 4230. The van der Waals surface area contributed by atoms with Crippen molar-refractivity contribution in [3.63, 3.8) is 0 Å². The second kappa shape index (κ2) is 25.1. The molecule has 0 atom stereocenters. The average Bonchev–Trinajstić information content (AvgIpc) is 1.66. The van der Waals surface area contributed by atoms with Crippen LogP contribution >= 0.6 is 0 Å². The van der Waals surface area contributed by atoms with Crippen molar-refractivity contribution in [1.82, 2.24) is 44.4 Å². The zero-order valence-corrected chi connectivity index (χ0v) is 50.0. The molecule has 426 valence electrons. The van der Waals surface area contributed by atoms with Crippen molar-refractivity contribution in [2.45, 2.75) is 123 Å². The van der Waals surface area contributed by atoms with Crippen LogP contribution in [0.5, 0.6) is 0 Å². The van der Waals surface area contributed by atoms with Gasteiger partial charge in [0.1, 0.15) is 5.82 Å². The summed E-state index contributed by atoms with van der Waals surface area (Å²) in [6.07, 6.45) is 32.9. The summed E-state index contributed by atoms with van der Waals surface area (Å²) in [7, 11) is 0. The second-order valence-electron chi connectivity index (χ2n) is 23.6. The standard InChI is InChI=1S/C77H73N9/c1-5-7-9-11-13-19-37-77(38-20-14-12-10-8-6-2)68-42-54(56-28-34-71(81-45-56)70-33-25-52(3)44-80-70)26-31-64(68)65-32-27-55(43-69(65)77)57-29-35-72(82-46-57)73-36-30-58(47-83-73)76-84-50-62(51-85-76)60-39-59(61-48-78-53(4)79-49-61)40-63(41-60)86-74-23-17-15-21-66(74)67-22-16-18-24-75(67)86/h15-18,21-36,39-51H,5-14,19-20,37-38H2,1-4H3. The fraction of sp³-hybridized carbons (Fsp3) is 0.247. The molecular weight excluding hydrogens is 1050 g/mol. The van der Waals surface area contributed by atoms with Gasteiger partial charge in [-0.25, -0.2) is 19.9 Å². The van der Waals surface area contributed by atoms with E-state index in [1.54, 1.807) is 0 Å². The third-order valence-corrected chi connectivity index (χ3v) is 17.8. The van der Waals surface area contributed by atoms with E-state index in [1.807, 2.05) is 68.6 Å². The maximum atomic E-state index is 5.07. The number of aryl methyl sites for hydroxylation is 2. The molecule has 0 aliphatic heterocycles. The van der Waals surface area contributed by atoms with Crippen LogP contribution in [0.1, 0.15) is 126 Å². The molecule has 13 rings (SSSR count). The molecule has 0 bridgehead atoms. The van der Waals surface area contributed by atoms with E-state index in [1.165, 1.54) is 121 Å². The van der Waals surface area contributed by atoms with Crippen LogP contribution in [0, 0.1) is 13.8 Å². The van der Waals surface area contributed by atoms with Crippen molar-refractivity contribution < 1.29 is 0 Å². The fourth-order valence-corrected chi connectivity index (χ4v) is 13.1. The SMILES string of the molecule is CCCCCCCCC1(CCCCCCCC)c2cc(-c3ccc(-c4ccc(C)cn4)nc3)ccc2-c2ccc(-c3ccc(-c4ccc(-c5ncc(-c6cc(-c7cnc(C)nc7)cc(-n7c8ccccc8c8ccccc87)c6)cn5)cn4)nc3)cc21. The summed E-state index contributed by atoms with van der Waals surface area (Å²) in [6.45, 7) is 8.59. The van der Waals surface area contributed by atoms with Crippen LogP contribution in [0.3, 0.4) is 0 Å². The molecular formula is C77H73N9. The van der Waals surface area contributed by atoms with E-state index in [9.17, 15) is 0 Å². The number of para-hydroxylation sites is 2. The molecule has 86 heavy (non-hydrogen) atoms. The van der Waals surface area contributed by atoms with Crippen molar-refractivity contribution >= 4 is 21.8 Å².